The molecular weight excluding hydrogens is 324 g/mol. The van der Waals surface area contributed by atoms with Gasteiger partial charge >= 0.3 is 0 Å². The molecular formula is C21H26N4O. The van der Waals surface area contributed by atoms with Crippen LogP contribution in [-0.4, -0.2) is 47.0 Å². The molecule has 1 aromatic heterocycles. The Bertz CT molecular complexity index is 791. The molecule has 2 aromatic rings. The number of rotatable bonds is 4. The number of benzene rings is 1. The second-order valence-corrected chi connectivity index (χ2v) is 7.38. The zero-order valence-electron chi connectivity index (χ0n) is 15.4. The molecule has 1 saturated heterocycles. The Morgan fingerprint density at radius 3 is 3.00 bits per heavy atom. The summed E-state index contributed by atoms with van der Waals surface area (Å²) >= 11 is 0. The lowest BCUT2D eigenvalue weighted by Crippen LogP contribution is -2.40. The van der Waals surface area contributed by atoms with Crippen molar-refractivity contribution in [1.82, 2.24) is 14.9 Å². The van der Waals surface area contributed by atoms with Crippen LogP contribution in [0.2, 0.25) is 0 Å². The van der Waals surface area contributed by atoms with E-state index in [0.29, 0.717) is 12.3 Å². The molecule has 26 heavy (non-hydrogen) atoms. The number of hydrogen-bond donors (Lipinski definition) is 0. The number of aryl methyl sites for hydroxylation is 1. The predicted octanol–water partition coefficient (Wildman–Crippen LogP) is 2.94. The molecule has 5 heteroatoms. The zero-order valence-corrected chi connectivity index (χ0v) is 15.4. The van der Waals surface area contributed by atoms with Crippen LogP contribution in [-0.2, 0) is 11.2 Å². The Hall–Kier alpha value is -2.43. The summed E-state index contributed by atoms with van der Waals surface area (Å²) in [6, 6.07) is 8.53. The smallest absolute Gasteiger partial charge is 0.224 e. The van der Waals surface area contributed by atoms with Gasteiger partial charge in [0.2, 0.25) is 5.91 Å². The number of fused-ring (bicyclic) bond motifs is 1. The Balaban J connectivity index is 1.35. The monoisotopic (exact) mass is 350 g/mol. The summed E-state index contributed by atoms with van der Waals surface area (Å²) in [5.74, 6) is 0.576. The van der Waals surface area contributed by atoms with Crippen LogP contribution in [0.25, 0.3) is 0 Å². The minimum absolute atomic E-state index is 0.264. The molecule has 3 heterocycles. The third-order valence-corrected chi connectivity index (χ3v) is 5.54. The first-order valence-electron chi connectivity index (χ1n) is 9.60. The van der Waals surface area contributed by atoms with E-state index in [-0.39, 0.29) is 5.91 Å². The molecule has 1 amide bonds. The summed E-state index contributed by atoms with van der Waals surface area (Å²) in [6.07, 6.45) is 7.43. The molecule has 0 aliphatic carbocycles. The van der Waals surface area contributed by atoms with Crippen LogP contribution in [0.4, 0.5) is 5.69 Å². The average molecular weight is 350 g/mol. The second kappa shape index (κ2) is 7.44. The third kappa shape index (κ3) is 3.57. The number of hydrogen-bond acceptors (Lipinski definition) is 4. The van der Waals surface area contributed by atoms with Gasteiger partial charge in [-0.05, 0) is 37.8 Å². The normalized spacial score (nSPS) is 19.5. The SMILES string of the molecule is Cc1cncc([C@H]2CCCN(C(=O)CCN3CCc4ccccc43)C2)n1. The van der Waals surface area contributed by atoms with Crippen molar-refractivity contribution >= 4 is 11.6 Å². The fraction of sp³-hybridized carbons (Fsp3) is 0.476. The molecule has 0 saturated carbocycles. The first-order chi connectivity index (χ1) is 12.7. The first kappa shape index (κ1) is 17.0. The van der Waals surface area contributed by atoms with Gasteiger partial charge in [-0.15, -0.1) is 0 Å². The van der Waals surface area contributed by atoms with Crippen molar-refractivity contribution < 1.29 is 4.79 Å². The van der Waals surface area contributed by atoms with Gasteiger partial charge < -0.3 is 9.80 Å². The molecule has 2 aliphatic heterocycles. The molecule has 0 bridgehead atoms. The van der Waals surface area contributed by atoms with Gasteiger partial charge in [0.05, 0.1) is 11.4 Å². The summed E-state index contributed by atoms with van der Waals surface area (Å²) in [7, 11) is 0. The molecule has 0 unspecified atom stereocenters. The zero-order chi connectivity index (χ0) is 17.9. The summed E-state index contributed by atoms with van der Waals surface area (Å²) in [5, 5.41) is 0. The maximum Gasteiger partial charge on any atom is 0.224 e. The number of para-hydroxylation sites is 1. The molecule has 4 rings (SSSR count). The van der Waals surface area contributed by atoms with E-state index in [9.17, 15) is 4.79 Å². The Labute approximate surface area is 155 Å². The Morgan fingerprint density at radius 1 is 1.23 bits per heavy atom. The maximum absolute atomic E-state index is 12.8. The van der Waals surface area contributed by atoms with E-state index in [1.807, 2.05) is 18.0 Å². The van der Waals surface area contributed by atoms with Crippen LogP contribution in [0, 0.1) is 6.92 Å². The molecule has 2 aliphatic rings. The number of nitrogens with zero attached hydrogens (tertiary/aromatic N) is 4. The van der Waals surface area contributed by atoms with Crippen LogP contribution < -0.4 is 4.90 Å². The predicted molar refractivity (Wildman–Crippen MR) is 102 cm³/mol. The van der Waals surface area contributed by atoms with E-state index in [2.05, 4.69) is 39.1 Å². The molecule has 1 atom stereocenters. The maximum atomic E-state index is 12.8. The van der Waals surface area contributed by atoms with Gasteiger partial charge in [-0.1, -0.05) is 18.2 Å². The Kier molecular flexibility index (Phi) is 4.87. The lowest BCUT2D eigenvalue weighted by atomic mass is 9.94. The summed E-state index contributed by atoms with van der Waals surface area (Å²) in [5.41, 5.74) is 4.66. The lowest BCUT2D eigenvalue weighted by Gasteiger charge is -2.33. The highest BCUT2D eigenvalue weighted by Gasteiger charge is 2.26. The van der Waals surface area contributed by atoms with Crippen LogP contribution in [0.1, 0.15) is 42.1 Å². The number of amides is 1. The second-order valence-electron chi connectivity index (χ2n) is 7.38. The standard InChI is InChI=1S/C21H26N4O/c1-16-13-22-14-19(23-16)18-6-4-10-25(15-18)21(26)9-12-24-11-8-17-5-2-3-7-20(17)24/h2-3,5,7,13-14,18H,4,6,8-12,15H2,1H3/t18-/m0/s1. The van der Waals surface area contributed by atoms with Crippen molar-refractivity contribution in [2.75, 3.05) is 31.1 Å². The quantitative estimate of drug-likeness (QED) is 0.851. The molecule has 1 aromatic carbocycles. The van der Waals surface area contributed by atoms with Crippen LogP contribution in [0.5, 0.6) is 0 Å². The molecule has 0 spiro atoms. The van der Waals surface area contributed by atoms with Crippen molar-refractivity contribution in [2.24, 2.45) is 0 Å². The molecule has 0 N–H and O–H groups in total. The highest BCUT2D eigenvalue weighted by atomic mass is 16.2. The largest absolute Gasteiger partial charge is 0.370 e. The van der Waals surface area contributed by atoms with Crippen LogP contribution in [0.15, 0.2) is 36.7 Å². The van der Waals surface area contributed by atoms with Gasteiger partial charge in [-0.3, -0.25) is 14.8 Å². The van der Waals surface area contributed by atoms with E-state index in [1.54, 1.807) is 6.20 Å². The number of carbonyl (C=O) groups is 1. The first-order valence-corrected chi connectivity index (χ1v) is 9.60. The van der Waals surface area contributed by atoms with Crippen LogP contribution in [0.3, 0.4) is 0 Å². The van der Waals surface area contributed by atoms with Gasteiger partial charge in [0, 0.05) is 56.6 Å². The Morgan fingerprint density at radius 2 is 2.12 bits per heavy atom. The number of anilines is 1. The topological polar surface area (TPSA) is 49.3 Å². The highest BCUT2D eigenvalue weighted by Crippen LogP contribution is 2.28. The van der Waals surface area contributed by atoms with Gasteiger partial charge in [-0.25, -0.2) is 0 Å². The van der Waals surface area contributed by atoms with E-state index in [1.165, 1.54) is 11.3 Å². The molecule has 5 nitrogen and oxygen atoms in total. The highest BCUT2D eigenvalue weighted by molar-refractivity contribution is 5.77. The summed E-state index contributed by atoms with van der Waals surface area (Å²) in [4.78, 5) is 26.0. The number of aromatic nitrogens is 2. The number of carbonyl (C=O) groups excluding carboxylic acids is 1. The van der Waals surface area contributed by atoms with Crippen LogP contribution >= 0.6 is 0 Å². The minimum atomic E-state index is 0.264. The van der Waals surface area contributed by atoms with Crippen molar-refractivity contribution in [3.63, 3.8) is 0 Å². The van der Waals surface area contributed by atoms with Crippen molar-refractivity contribution in [2.45, 2.75) is 38.5 Å². The van der Waals surface area contributed by atoms with E-state index in [4.69, 9.17) is 0 Å². The van der Waals surface area contributed by atoms with Gasteiger partial charge in [-0.2, -0.15) is 0 Å². The summed E-state index contributed by atoms with van der Waals surface area (Å²) < 4.78 is 0. The number of likely N-dealkylation sites (tertiary alicyclic amines) is 1. The van der Waals surface area contributed by atoms with Crippen molar-refractivity contribution in [3.05, 3.63) is 53.6 Å². The van der Waals surface area contributed by atoms with Gasteiger partial charge in [0.15, 0.2) is 0 Å². The van der Waals surface area contributed by atoms with Gasteiger partial charge in [0.1, 0.15) is 0 Å². The fourth-order valence-electron chi connectivity index (χ4n) is 4.15. The van der Waals surface area contributed by atoms with E-state index >= 15 is 0 Å². The molecule has 136 valence electrons. The number of piperidine rings is 1. The lowest BCUT2D eigenvalue weighted by molar-refractivity contribution is -0.132. The summed E-state index contributed by atoms with van der Waals surface area (Å²) in [6.45, 7) is 5.43. The minimum Gasteiger partial charge on any atom is -0.370 e. The fourth-order valence-corrected chi connectivity index (χ4v) is 4.15. The average Bonchev–Trinajstić information content (AvgIpc) is 3.09. The van der Waals surface area contributed by atoms with E-state index < -0.39 is 0 Å². The molecule has 1 fully saturated rings. The third-order valence-electron chi connectivity index (χ3n) is 5.54. The van der Waals surface area contributed by atoms with Gasteiger partial charge in [0.25, 0.3) is 0 Å². The van der Waals surface area contributed by atoms with Crippen molar-refractivity contribution in [1.29, 1.82) is 0 Å². The van der Waals surface area contributed by atoms with E-state index in [0.717, 1.165) is 56.8 Å². The molecule has 0 radical (unpaired) electrons. The van der Waals surface area contributed by atoms with Crippen molar-refractivity contribution in [3.8, 4) is 0 Å².